The van der Waals surface area contributed by atoms with Gasteiger partial charge in [0.2, 0.25) is 0 Å². The summed E-state index contributed by atoms with van der Waals surface area (Å²) in [4.78, 5) is 25.2. The summed E-state index contributed by atoms with van der Waals surface area (Å²) in [5, 5.41) is 10.8. The molecule has 0 bridgehead atoms. The molecular weight excluding hydrogens is 440 g/mol. The van der Waals surface area contributed by atoms with Gasteiger partial charge in [0.05, 0.1) is 11.4 Å². The Morgan fingerprint density at radius 2 is 2.06 bits per heavy atom. The number of nitrogens with zero attached hydrogens (tertiary/aromatic N) is 2. The van der Waals surface area contributed by atoms with Crippen molar-refractivity contribution >= 4 is 35.2 Å². The van der Waals surface area contributed by atoms with E-state index >= 15 is 0 Å². The summed E-state index contributed by atoms with van der Waals surface area (Å²) < 4.78 is 7.73. The topological polar surface area (TPSA) is 85.3 Å². The number of amides is 2. The zero-order chi connectivity index (χ0) is 23.5. The molecule has 1 aliphatic heterocycles. The number of ether oxygens (including phenoxy) is 1. The Balaban J connectivity index is 1.42. The number of fused-ring (bicyclic) bond motifs is 1. The number of carbonyl (C=O) groups is 2. The molecule has 2 amide bonds. The van der Waals surface area contributed by atoms with Gasteiger partial charge in [0.1, 0.15) is 0 Å². The summed E-state index contributed by atoms with van der Waals surface area (Å²) in [7, 11) is 0. The average molecular weight is 465 g/mol. The van der Waals surface area contributed by atoms with Crippen molar-refractivity contribution in [3.05, 3.63) is 81.3 Å². The van der Waals surface area contributed by atoms with Crippen LogP contribution in [-0.4, -0.2) is 28.1 Å². The van der Waals surface area contributed by atoms with Crippen molar-refractivity contribution < 1.29 is 14.3 Å². The Kier molecular flexibility index (Phi) is 6.51. The highest BCUT2D eigenvalue weighted by molar-refractivity contribution is 6.30. The minimum atomic E-state index is -0.390. The highest BCUT2D eigenvalue weighted by Crippen LogP contribution is 2.32. The summed E-state index contributed by atoms with van der Waals surface area (Å²) in [6.45, 7) is 7.39. The van der Waals surface area contributed by atoms with Gasteiger partial charge in [0.15, 0.2) is 11.5 Å². The average Bonchev–Trinajstić information content (AvgIpc) is 3.07. The summed E-state index contributed by atoms with van der Waals surface area (Å²) in [6.07, 6.45) is 2.32. The number of rotatable bonds is 6. The summed E-state index contributed by atoms with van der Waals surface area (Å²) in [5.41, 5.74) is 4.91. The molecule has 2 heterocycles. The fraction of sp³-hybridized carbons (Fsp3) is 0.240. The van der Waals surface area contributed by atoms with Crippen LogP contribution in [-0.2, 0) is 17.8 Å². The number of nitrogens with one attached hydrogen (secondary N) is 2. The highest BCUT2D eigenvalue weighted by atomic mass is 35.5. The van der Waals surface area contributed by atoms with Gasteiger partial charge in [-0.2, -0.15) is 5.10 Å². The maximum atomic E-state index is 12.7. The molecule has 2 N–H and O–H groups in total. The van der Waals surface area contributed by atoms with E-state index in [4.69, 9.17) is 16.3 Å². The summed E-state index contributed by atoms with van der Waals surface area (Å²) in [6, 6.07) is 12.1. The van der Waals surface area contributed by atoms with E-state index in [-0.39, 0.29) is 17.6 Å². The molecule has 0 spiro atoms. The number of benzene rings is 2. The van der Waals surface area contributed by atoms with Crippen molar-refractivity contribution in [2.24, 2.45) is 0 Å². The van der Waals surface area contributed by atoms with Crippen molar-refractivity contribution in [3.8, 4) is 5.75 Å². The number of carbonyl (C=O) groups excluding carboxylic acids is 2. The fourth-order valence-electron chi connectivity index (χ4n) is 3.86. The van der Waals surface area contributed by atoms with E-state index in [1.807, 2.05) is 24.6 Å². The van der Waals surface area contributed by atoms with E-state index in [2.05, 4.69) is 22.7 Å². The molecule has 0 fully saturated rings. The third kappa shape index (κ3) is 4.93. The van der Waals surface area contributed by atoms with E-state index in [0.717, 1.165) is 29.1 Å². The van der Waals surface area contributed by atoms with Gasteiger partial charge >= 0.3 is 0 Å². The van der Waals surface area contributed by atoms with E-state index < -0.39 is 0 Å². The minimum absolute atomic E-state index is 0.153. The van der Waals surface area contributed by atoms with Crippen molar-refractivity contribution in [2.75, 3.05) is 11.9 Å². The van der Waals surface area contributed by atoms with Crippen LogP contribution in [0.25, 0.3) is 6.08 Å². The lowest BCUT2D eigenvalue weighted by Crippen LogP contribution is -2.27. The fourth-order valence-corrected chi connectivity index (χ4v) is 4.05. The molecule has 170 valence electrons. The van der Waals surface area contributed by atoms with Crippen molar-refractivity contribution in [1.82, 2.24) is 15.1 Å². The molecule has 0 saturated heterocycles. The minimum Gasteiger partial charge on any atom is -0.449 e. The van der Waals surface area contributed by atoms with Crippen molar-refractivity contribution in [3.63, 3.8) is 0 Å². The Morgan fingerprint density at radius 1 is 1.24 bits per heavy atom. The van der Waals surface area contributed by atoms with Crippen LogP contribution in [0.4, 0.5) is 5.69 Å². The van der Waals surface area contributed by atoms with Crippen LogP contribution in [0, 0.1) is 13.8 Å². The smallest absolute Gasteiger partial charge is 0.291 e. The zero-order valence-corrected chi connectivity index (χ0v) is 19.5. The Labute approximate surface area is 197 Å². The second-order valence-electron chi connectivity index (χ2n) is 7.80. The lowest BCUT2D eigenvalue weighted by atomic mass is 10.1. The number of hydrogen-bond donors (Lipinski definition) is 2. The lowest BCUT2D eigenvalue weighted by Gasteiger charge is -2.20. The number of anilines is 1. The molecule has 8 heteroatoms. The van der Waals surface area contributed by atoms with E-state index in [1.165, 1.54) is 0 Å². The molecule has 7 nitrogen and oxygen atoms in total. The lowest BCUT2D eigenvalue weighted by molar-refractivity contribution is -0.115. The first-order chi connectivity index (χ1) is 15.9. The first kappa shape index (κ1) is 22.6. The molecule has 1 aromatic heterocycles. The zero-order valence-electron chi connectivity index (χ0n) is 18.7. The van der Waals surface area contributed by atoms with Gasteiger partial charge in [-0.15, -0.1) is 0 Å². The third-order valence-electron chi connectivity index (χ3n) is 5.57. The SMILES string of the molecule is CCn1nc(C)c(CCNC(=O)c2ccc3c(c2)NC(=O)C(=Cc2cccc(Cl)c2)O3)c1C. The Hall–Kier alpha value is -3.58. The number of halogens is 1. The number of hydrogen-bond acceptors (Lipinski definition) is 4. The quantitative estimate of drug-likeness (QED) is 0.525. The van der Waals surface area contributed by atoms with Crippen LogP contribution >= 0.6 is 11.6 Å². The van der Waals surface area contributed by atoms with Crippen LogP contribution in [0.15, 0.2) is 48.2 Å². The normalized spacial score (nSPS) is 13.9. The molecule has 0 unspecified atom stereocenters. The van der Waals surface area contributed by atoms with E-state index in [1.54, 1.807) is 42.5 Å². The van der Waals surface area contributed by atoms with E-state index in [0.29, 0.717) is 35.0 Å². The third-order valence-corrected chi connectivity index (χ3v) is 5.81. The van der Waals surface area contributed by atoms with Gasteiger partial charge < -0.3 is 15.4 Å². The standard InChI is InChI=1S/C25H25ClN4O3/c1-4-30-16(3)20(15(2)29-30)10-11-27-24(31)18-8-9-22-21(14-18)28-25(32)23(33-22)13-17-6-5-7-19(26)12-17/h5-9,12-14H,4,10-11H2,1-3H3,(H,27,31)(H,28,32). The van der Waals surface area contributed by atoms with Crippen molar-refractivity contribution in [2.45, 2.75) is 33.7 Å². The first-order valence-corrected chi connectivity index (χ1v) is 11.1. The number of aryl methyl sites for hydroxylation is 2. The van der Waals surface area contributed by atoms with Gasteiger partial charge in [-0.25, -0.2) is 0 Å². The van der Waals surface area contributed by atoms with Crippen LogP contribution in [0.3, 0.4) is 0 Å². The van der Waals surface area contributed by atoms with Gasteiger partial charge in [-0.3, -0.25) is 14.3 Å². The maximum absolute atomic E-state index is 12.7. The molecule has 4 rings (SSSR count). The molecule has 0 saturated carbocycles. The summed E-state index contributed by atoms with van der Waals surface area (Å²) >= 11 is 6.01. The monoisotopic (exact) mass is 464 g/mol. The number of aromatic nitrogens is 2. The van der Waals surface area contributed by atoms with Crippen LogP contribution < -0.4 is 15.4 Å². The second kappa shape index (κ2) is 9.50. The molecule has 3 aromatic rings. The Morgan fingerprint density at radius 3 is 2.79 bits per heavy atom. The molecule has 1 aliphatic rings. The molecule has 2 aromatic carbocycles. The van der Waals surface area contributed by atoms with Gasteiger partial charge in [0.25, 0.3) is 11.8 Å². The maximum Gasteiger partial charge on any atom is 0.291 e. The molecule has 0 atom stereocenters. The second-order valence-corrected chi connectivity index (χ2v) is 8.24. The first-order valence-electron chi connectivity index (χ1n) is 10.8. The predicted molar refractivity (Wildman–Crippen MR) is 129 cm³/mol. The molecule has 0 radical (unpaired) electrons. The van der Waals surface area contributed by atoms with Gasteiger partial charge in [-0.1, -0.05) is 23.7 Å². The largest absolute Gasteiger partial charge is 0.449 e. The van der Waals surface area contributed by atoms with Gasteiger partial charge in [-0.05, 0) is 74.7 Å². The molecular formula is C25H25ClN4O3. The molecule has 33 heavy (non-hydrogen) atoms. The van der Waals surface area contributed by atoms with Crippen LogP contribution in [0.2, 0.25) is 5.02 Å². The van der Waals surface area contributed by atoms with Crippen LogP contribution in [0.1, 0.15) is 39.8 Å². The highest BCUT2D eigenvalue weighted by Gasteiger charge is 2.23. The van der Waals surface area contributed by atoms with Crippen LogP contribution in [0.5, 0.6) is 5.75 Å². The Bertz CT molecular complexity index is 1260. The predicted octanol–water partition coefficient (Wildman–Crippen LogP) is 4.52. The van der Waals surface area contributed by atoms with Crippen molar-refractivity contribution in [1.29, 1.82) is 0 Å². The summed E-state index contributed by atoms with van der Waals surface area (Å²) in [5.74, 6) is 0.0161. The van der Waals surface area contributed by atoms with E-state index in [9.17, 15) is 9.59 Å². The molecule has 0 aliphatic carbocycles. The van der Waals surface area contributed by atoms with Gasteiger partial charge in [0, 0.05) is 29.4 Å².